The van der Waals surface area contributed by atoms with Gasteiger partial charge in [0.2, 0.25) is 10.0 Å². The molecule has 20 heavy (non-hydrogen) atoms. The van der Waals surface area contributed by atoms with Gasteiger partial charge < -0.3 is 10.5 Å². The molecule has 0 saturated heterocycles. The topological polar surface area (TPSA) is 89.7 Å². The average Bonchev–Trinajstić information content (AvgIpc) is 3.21. The molecule has 1 aromatic rings. The van der Waals surface area contributed by atoms with Crippen molar-refractivity contribution in [2.75, 3.05) is 18.9 Å². The summed E-state index contributed by atoms with van der Waals surface area (Å²) in [6, 6.07) is 5.85. The molecule has 0 aromatic heterocycles. The Morgan fingerprint density at radius 1 is 1.35 bits per heavy atom. The number of rotatable bonds is 6. The van der Waals surface area contributed by atoms with E-state index in [-0.39, 0.29) is 24.1 Å². The molecular formula is C13H18N2O4S. The standard InChI is InChI=1S/C13H18N2O4S/c1-2-19-13(16)9-15(11-5-6-11)20(17,18)12-7-3-10(14)4-8-12/h3-4,7-8,11H,2,5-6,9,14H2,1H3. The van der Waals surface area contributed by atoms with E-state index in [0.29, 0.717) is 5.69 Å². The lowest BCUT2D eigenvalue weighted by molar-refractivity contribution is -0.143. The minimum Gasteiger partial charge on any atom is -0.465 e. The second kappa shape index (κ2) is 5.80. The summed E-state index contributed by atoms with van der Waals surface area (Å²) >= 11 is 0. The lowest BCUT2D eigenvalue weighted by Crippen LogP contribution is -2.38. The summed E-state index contributed by atoms with van der Waals surface area (Å²) in [6.07, 6.45) is 1.54. The maximum absolute atomic E-state index is 12.5. The number of hydrogen-bond acceptors (Lipinski definition) is 5. The first-order chi connectivity index (χ1) is 9.45. The number of carbonyl (C=O) groups is 1. The molecule has 7 heteroatoms. The molecule has 2 N–H and O–H groups in total. The molecule has 0 bridgehead atoms. The van der Waals surface area contributed by atoms with Gasteiger partial charge in [-0.15, -0.1) is 0 Å². The van der Waals surface area contributed by atoms with Crippen LogP contribution in [0, 0.1) is 0 Å². The van der Waals surface area contributed by atoms with Gasteiger partial charge in [-0.25, -0.2) is 8.42 Å². The maximum Gasteiger partial charge on any atom is 0.321 e. The average molecular weight is 298 g/mol. The van der Waals surface area contributed by atoms with Gasteiger partial charge in [0.15, 0.2) is 0 Å². The predicted octanol–water partition coefficient (Wildman–Crippen LogP) is 0.985. The largest absolute Gasteiger partial charge is 0.465 e. The maximum atomic E-state index is 12.5. The van der Waals surface area contributed by atoms with E-state index in [0.717, 1.165) is 12.8 Å². The highest BCUT2D eigenvalue weighted by atomic mass is 32.2. The third-order valence-corrected chi connectivity index (χ3v) is 4.94. The Hall–Kier alpha value is -1.60. The highest BCUT2D eigenvalue weighted by Gasteiger charge is 2.39. The summed E-state index contributed by atoms with van der Waals surface area (Å²) in [4.78, 5) is 11.7. The molecule has 0 amide bonds. The number of carbonyl (C=O) groups excluding carboxylic acids is 1. The van der Waals surface area contributed by atoms with Crippen molar-refractivity contribution < 1.29 is 17.9 Å². The van der Waals surface area contributed by atoms with Gasteiger partial charge in [-0.05, 0) is 44.0 Å². The van der Waals surface area contributed by atoms with Crippen LogP contribution >= 0.6 is 0 Å². The molecule has 0 unspecified atom stereocenters. The molecule has 0 atom stereocenters. The van der Waals surface area contributed by atoms with E-state index in [4.69, 9.17) is 10.5 Å². The second-order valence-corrected chi connectivity index (χ2v) is 6.55. The van der Waals surface area contributed by atoms with Crippen molar-refractivity contribution in [2.45, 2.75) is 30.7 Å². The van der Waals surface area contributed by atoms with Crippen molar-refractivity contribution in [2.24, 2.45) is 0 Å². The van der Waals surface area contributed by atoms with Crippen LogP contribution in [0.3, 0.4) is 0 Å². The van der Waals surface area contributed by atoms with Crippen LogP contribution in [0.4, 0.5) is 5.69 Å². The monoisotopic (exact) mass is 298 g/mol. The summed E-state index contributed by atoms with van der Waals surface area (Å²) in [5.41, 5.74) is 6.05. The van der Waals surface area contributed by atoms with E-state index in [1.807, 2.05) is 0 Å². The summed E-state index contributed by atoms with van der Waals surface area (Å²) in [6.45, 7) is 1.68. The summed E-state index contributed by atoms with van der Waals surface area (Å²) < 4.78 is 31.1. The van der Waals surface area contributed by atoms with E-state index in [2.05, 4.69) is 0 Å². The highest BCUT2D eigenvalue weighted by Crippen LogP contribution is 2.32. The molecule has 0 aliphatic heterocycles. The second-order valence-electron chi connectivity index (χ2n) is 4.66. The molecule has 2 rings (SSSR count). The van der Waals surface area contributed by atoms with Gasteiger partial charge in [0.1, 0.15) is 6.54 Å². The lowest BCUT2D eigenvalue weighted by Gasteiger charge is -2.20. The molecular weight excluding hydrogens is 280 g/mol. The number of nitrogen functional groups attached to an aromatic ring is 1. The third-order valence-electron chi connectivity index (χ3n) is 3.03. The molecule has 1 aliphatic rings. The minimum atomic E-state index is -3.69. The van der Waals surface area contributed by atoms with Crippen LogP contribution in [0.5, 0.6) is 0 Å². The normalized spacial score (nSPS) is 15.3. The van der Waals surface area contributed by atoms with Crippen molar-refractivity contribution in [3.63, 3.8) is 0 Å². The van der Waals surface area contributed by atoms with Gasteiger partial charge in [0.25, 0.3) is 0 Å². The number of ether oxygens (including phenoxy) is 1. The summed E-state index contributed by atoms with van der Waals surface area (Å²) in [7, 11) is -3.69. The van der Waals surface area contributed by atoms with Gasteiger partial charge >= 0.3 is 5.97 Å². The molecule has 1 saturated carbocycles. The zero-order valence-electron chi connectivity index (χ0n) is 11.3. The zero-order chi connectivity index (χ0) is 14.8. The van der Waals surface area contributed by atoms with Crippen molar-refractivity contribution in [1.82, 2.24) is 4.31 Å². The number of esters is 1. The molecule has 1 aliphatic carbocycles. The van der Waals surface area contributed by atoms with Gasteiger partial charge in [-0.3, -0.25) is 4.79 Å². The first kappa shape index (κ1) is 14.8. The fourth-order valence-corrected chi connectivity index (χ4v) is 3.51. The Balaban J connectivity index is 2.23. The Labute approximate surface area is 118 Å². The Morgan fingerprint density at radius 2 is 1.95 bits per heavy atom. The molecule has 6 nitrogen and oxygen atoms in total. The summed E-state index contributed by atoms with van der Waals surface area (Å²) in [5, 5.41) is 0. The first-order valence-electron chi connectivity index (χ1n) is 6.48. The molecule has 0 spiro atoms. The number of anilines is 1. The van der Waals surface area contributed by atoms with Gasteiger partial charge in [-0.2, -0.15) is 4.31 Å². The predicted molar refractivity (Wildman–Crippen MR) is 74.4 cm³/mol. The number of nitrogens with two attached hydrogens (primary N) is 1. The Morgan fingerprint density at radius 3 is 2.45 bits per heavy atom. The SMILES string of the molecule is CCOC(=O)CN(C1CC1)S(=O)(=O)c1ccc(N)cc1. The van der Waals surface area contributed by atoms with E-state index in [1.54, 1.807) is 6.92 Å². The Kier molecular flexibility index (Phi) is 4.29. The quantitative estimate of drug-likeness (QED) is 0.624. The highest BCUT2D eigenvalue weighted by molar-refractivity contribution is 7.89. The molecule has 1 fully saturated rings. The number of hydrogen-bond donors (Lipinski definition) is 1. The van der Waals surface area contributed by atoms with Crippen LogP contribution in [-0.2, 0) is 19.6 Å². The van der Waals surface area contributed by atoms with E-state index in [1.165, 1.54) is 28.6 Å². The summed E-state index contributed by atoms with van der Waals surface area (Å²) in [5.74, 6) is -0.529. The molecule has 0 heterocycles. The third kappa shape index (κ3) is 3.29. The van der Waals surface area contributed by atoms with Gasteiger partial charge in [-0.1, -0.05) is 0 Å². The first-order valence-corrected chi connectivity index (χ1v) is 7.92. The van der Waals surface area contributed by atoms with Crippen LogP contribution < -0.4 is 5.73 Å². The fourth-order valence-electron chi connectivity index (χ4n) is 1.88. The molecule has 0 radical (unpaired) electrons. The van der Waals surface area contributed by atoms with E-state index < -0.39 is 16.0 Å². The smallest absolute Gasteiger partial charge is 0.321 e. The minimum absolute atomic E-state index is 0.109. The number of sulfonamides is 1. The van der Waals surface area contributed by atoms with E-state index in [9.17, 15) is 13.2 Å². The van der Waals surface area contributed by atoms with Crippen LogP contribution in [0.15, 0.2) is 29.2 Å². The van der Waals surface area contributed by atoms with Crippen LogP contribution in [0.25, 0.3) is 0 Å². The van der Waals surface area contributed by atoms with E-state index >= 15 is 0 Å². The zero-order valence-corrected chi connectivity index (χ0v) is 12.1. The lowest BCUT2D eigenvalue weighted by atomic mass is 10.3. The molecule has 1 aromatic carbocycles. The van der Waals surface area contributed by atoms with Crippen LogP contribution in [0.1, 0.15) is 19.8 Å². The van der Waals surface area contributed by atoms with Gasteiger partial charge in [0, 0.05) is 11.7 Å². The van der Waals surface area contributed by atoms with Crippen molar-refractivity contribution >= 4 is 21.7 Å². The van der Waals surface area contributed by atoms with Crippen molar-refractivity contribution in [3.8, 4) is 0 Å². The Bertz CT molecular complexity index is 579. The van der Waals surface area contributed by atoms with Gasteiger partial charge in [0.05, 0.1) is 11.5 Å². The van der Waals surface area contributed by atoms with Crippen LogP contribution in [0.2, 0.25) is 0 Å². The number of nitrogens with zero attached hydrogens (tertiary/aromatic N) is 1. The van der Waals surface area contributed by atoms with Crippen LogP contribution in [-0.4, -0.2) is 37.9 Å². The fraction of sp³-hybridized carbons (Fsp3) is 0.462. The number of benzene rings is 1. The van der Waals surface area contributed by atoms with Crippen molar-refractivity contribution in [3.05, 3.63) is 24.3 Å². The molecule has 110 valence electrons. The van der Waals surface area contributed by atoms with Crippen molar-refractivity contribution in [1.29, 1.82) is 0 Å².